The number of hydrogen-bond donors (Lipinski definition) is 3. The molecule has 0 aliphatic carbocycles. The normalized spacial score (nSPS) is 11.9. The number of nitrogens with one attached hydrogen (secondary N) is 2. The Kier molecular flexibility index (Phi) is 5.93. The molecule has 1 rings (SSSR count). The zero-order valence-electron chi connectivity index (χ0n) is 10.3. The predicted octanol–water partition coefficient (Wildman–Crippen LogP) is 0.287. The highest BCUT2D eigenvalue weighted by molar-refractivity contribution is 5.94. The van der Waals surface area contributed by atoms with Crippen LogP contribution in [0.3, 0.4) is 0 Å². The van der Waals surface area contributed by atoms with Crippen molar-refractivity contribution in [2.45, 2.75) is 25.9 Å². The highest BCUT2D eigenvalue weighted by Crippen LogP contribution is 1.98. The molecule has 18 heavy (non-hydrogen) atoms. The molecule has 1 aromatic rings. The Hall–Kier alpha value is -1.82. The van der Waals surface area contributed by atoms with Crippen LogP contribution in [0.2, 0.25) is 0 Å². The van der Waals surface area contributed by atoms with Crippen LogP contribution in [0.15, 0.2) is 22.8 Å². The third kappa shape index (κ3) is 5.01. The summed E-state index contributed by atoms with van der Waals surface area (Å²) in [6.07, 6.45) is 2.33. The first kappa shape index (κ1) is 14.2. The van der Waals surface area contributed by atoms with Crippen LogP contribution in [0.1, 0.15) is 30.3 Å². The molecule has 0 aliphatic rings. The van der Waals surface area contributed by atoms with E-state index >= 15 is 0 Å². The van der Waals surface area contributed by atoms with Gasteiger partial charge in [-0.1, -0.05) is 13.3 Å². The summed E-state index contributed by atoms with van der Waals surface area (Å²) in [7, 11) is 0. The number of hydrogen-bond acceptors (Lipinski definition) is 4. The van der Waals surface area contributed by atoms with Crippen molar-refractivity contribution in [2.75, 3.05) is 13.1 Å². The predicted molar refractivity (Wildman–Crippen MR) is 65.0 cm³/mol. The summed E-state index contributed by atoms with van der Waals surface area (Å²) in [6.45, 7) is 2.01. The molecule has 6 heteroatoms. The first-order valence-corrected chi connectivity index (χ1v) is 5.90. The molecule has 0 saturated heterocycles. The second-order valence-corrected chi connectivity index (χ2v) is 3.91. The maximum Gasteiger partial charge on any atom is 0.287 e. The molecule has 6 nitrogen and oxygen atoms in total. The van der Waals surface area contributed by atoms with Crippen LogP contribution >= 0.6 is 0 Å². The monoisotopic (exact) mass is 254 g/mol. The van der Waals surface area contributed by atoms with E-state index in [-0.39, 0.29) is 24.8 Å². The van der Waals surface area contributed by atoms with E-state index in [2.05, 4.69) is 10.6 Å². The molecule has 0 aliphatic heterocycles. The zero-order chi connectivity index (χ0) is 13.4. The zero-order valence-corrected chi connectivity index (χ0v) is 10.3. The highest BCUT2D eigenvalue weighted by atomic mass is 16.3. The minimum atomic E-state index is -0.542. The minimum absolute atomic E-state index is 0.140. The number of aliphatic hydroxyl groups is 1. The average Bonchev–Trinajstić information content (AvgIpc) is 2.87. The van der Waals surface area contributed by atoms with E-state index in [4.69, 9.17) is 4.42 Å². The van der Waals surface area contributed by atoms with E-state index in [0.717, 1.165) is 6.42 Å². The van der Waals surface area contributed by atoms with Gasteiger partial charge in [-0.25, -0.2) is 0 Å². The molecule has 1 atom stereocenters. The first-order valence-electron chi connectivity index (χ1n) is 5.90. The molecule has 3 N–H and O–H groups in total. The summed E-state index contributed by atoms with van der Waals surface area (Å²) in [5.74, 6) is -0.622. The van der Waals surface area contributed by atoms with Crippen LogP contribution in [-0.4, -0.2) is 36.1 Å². The number of rotatable bonds is 7. The van der Waals surface area contributed by atoms with Crippen molar-refractivity contribution in [1.29, 1.82) is 0 Å². The summed E-state index contributed by atoms with van der Waals surface area (Å²) >= 11 is 0. The van der Waals surface area contributed by atoms with Gasteiger partial charge in [0, 0.05) is 6.54 Å². The van der Waals surface area contributed by atoms with Crippen molar-refractivity contribution in [2.24, 2.45) is 0 Å². The van der Waals surface area contributed by atoms with Gasteiger partial charge in [-0.3, -0.25) is 9.59 Å². The lowest BCUT2D eigenvalue weighted by Crippen LogP contribution is -2.39. The molecule has 0 spiro atoms. The third-order valence-electron chi connectivity index (χ3n) is 2.31. The van der Waals surface area contributed by atoms with Gasteiger partial charge >= 0.3 is 0 Å². The Morgan fingerprint density at radius 1 is 1.44 bits per heavy atom. The molecular weight excluding hydrogens is 236 g/mol. The Morgan fingerprint density at radius 2 is 2.22 bits per heavy atom. The lowest BCUT2D eigenvalue weighted by molar-refractivity contribution is -0.120. The van der Waals surface area contributed by atoms with Gasteiger partial charge in [-0.05, 0) is 18.6 Å². The fraction of sp³-hybridized carbons (Fsp3) is 0.500. The van der Waals surface area contributed by atoms with Gasteiger partial charge in [0.05, 0.1) is 18.9 Å². The Morgan fingerprint density at radius 3 is 2.83 bits per heavy atom. The summed E-state index contributed by atoms with van der Waals surface area (Å²) in [5, 5.41) is 14.4. The Labute approximate surface area is 105 Å². The molecule has 1 aromatic heterocycles. The summed E-state index contributed by atoms with van der Waals surface area (Å²) in [6, 6.07) is 3.11. The molecule has 0 aromatic carbocycles. The molecule has 0 fully saturated rings. The first-order chi connectivity index (χ1) is 8.63. The van der Waals surface area contributed by atoms with Crippen LogP contribution in [0.4, 0.5) is 0 Å². The average molecular weight is 254 g/mol. The van der Waals surface area contributed by atoms with Gasteiger partial charge in [0.15, 0.2) is 5.76 Å². The van der Waals surface area contributed by atoms with Crippen LogP contribution in [0, 0.1) is 0 Å². The van der Waals surface area contributed by atoms with Crippen molar-refractivity contribution in [3.8, 4) is 0 Å². The molecule has 0 bridgehead atoms. The fourth-order valence-electron chi connectivity index (χ4n) is 1.38. The number of carbonyl (C=O) groups is 2. The SMILES string of the molecule is CCCC(O)CNC(=O)CNC(=O)c1ccco1. The van der Waals surface area contributed by atoms with Crippen molar-refractivity contribution < 1.29 is 19.1 Å². The summed E-state index contributed by atoms with van der Waals surface area (Å²) in [4.78, 5) is 22.8. The van der Waals surface area contributed by atoms with Gasteiger partial charge in [0.1, 0.15) is 0 Å². The smallest absolute Gasteiger partial charge is 0.287 e. The maximum atomic E-state index is 11.4. The van der Waals surface area contributed by atoms with E-state index in [9.17, 15) is 14.7 Å². The molecular formula is C12H18N2O4. The van der Waals surface area contributed by atoms with Gasteiger partial charge in [-0.15, -0.1) is 0 Å². The van der Waals surface area contributed by atoms with Crippen LogP contribution in [0.5, 0.6) is 0 Å². The quantitative estimate of drug-likeness (QED) is 0.652. The second-order valence-electron chi connectivity index (χ2n) is 3.91. The van der Waals surface area contributed by atoms with Crippen LogP contribution in [-0.2, 0) is 4.79 Å². The van der Waals surface area contributed by atoms with Gasteiger partial charge in [0.2, 0.25) is 5.91 Å². The summed E-state index contributed by atoms with van der Waals surface area (Å²) in [5.41, 5.74) is 0. The van der Waals surface area contributed by atoms with Gasteiger partial charge < -0.3 is 20.2 Å². The highest BCUT2D eigenvalue weighted by Gasteiger charge is 2.10. The molecule has 0 saturated carbocycles. The van der Waals surface area contributed by atoms with Gasteiger partial charge in [0.25, 0.3) is 5.91 Å². The molecule has 100 valence electrons. The summed E-state index contributed by atoms with van der Waals surface area (Å²) < 4.78 is 4.87. The van der Waals surface area contributed by atoms with E-state index in [1.807, 2.05) is 6.92 Å². The van der Waals surface area contributed by atoms with Crippen molar-refractivity contribution in [3.05, 3.63) is 24.2 Å². The van der Waals surface area contributed by atoms with Crippen LogP contribution in [0.25, 0.3) is 0 Å². The van der Waals surface area contributed by atoms with Crippen LogP contribution < -0.4 is 10.6 Å². The minimum Gasteiger partial charge on any atom is -0.459 e. The van der Waals surface area contributed by atoms with E-state index in [0.29, 0.717) is 6.42 Å². The van der Waals surface area contributed by atoms with Gasteiger partial charge in [-0.2, -0.15) is 0 Å². The van der Waals surface area contributed by atoms with Crippen molar-refractivity contribution >= 4 is 11.8 Å². The number of furan rings is 1. The topological polar surface area (TPSA) is 91.6 Å². The van der Waals surface area contributed by atoms with E-state index < -0.39 is 12.0 Å². The van der Waals surface area contributed by atoms with E-state index in [1.54, 1.807) is 6.07 Å². The van der Waals surface area contributed by atoms with Crippen molar-refractivity contribution in [3.63, 3.8) is 0 Å². The lowest BCUT2D eigenvalue weighted by Gasteiger charge is -2.10. The molecule has 1 heterocycles. The lowest BCUT2D eigenvalue weighted by atomic mass is 10.2. The third-order valence-corrected chi connectivity index (χ3v) is 2.31. The number of carbonyl (C=O) groups excluding carboxylic acids is 2. The fourth-order valence-corrected chi connectivity index (χ4v) is 1.38. The standard InChI is InChI=1S/C12H18N2O4/c1-2-4-9(15)7-13-11(16)8-14-12(17)10-5-3-6-18-10/h3,5-6,9,15H,2,4,7-8H2,1H3,(H,13,16)(H,14,17). The number of aliphatic hydroxyl groups excluding tert-OH is 1. The maximum absolute atomic E-state index is 11.4. The molecule has 0 radical (unpaired) electrons. The Bertz CT molecular complexity index is 375. The second kappa shape index (κ2) is 7.50. The largest absolute Gasteiger partial charge is 0.459 e. The van der Waals surface area contributed by atoms with Crippen molar-refractivity contribution in [1.82, 2.24) is 10.6 Å². The van der Waals surface area contributed by atoms with E-state index in [1.165, 1.54) is 12.3 Å². The number of amides is 2. The molecule has 1 unspecified atom stereocenters. The Balaban J connectivity index is 2.19. The molecule has 2 amide bonds.